The van der Waals surface area contributed by atoms with Crippen LogP contribution in [-0.4, -0.2) is 44.0 Å². The van der Waals surface area contributed by atoms with Crippen LogP contribution in [0.2, 0.25) is 0 Å². The molecule has 4 heteroatoms. The number of rotatable bonds is 7. The zero-order valence-electron chi connectivity index (χ0n) is 14.2. The maximum absolute atomic E-state index is 12.6. The summed E-state index contributed by atoms with van der Waals surface area (Å²) in [5.41, 5.74) is 2.77. The molecule has 0 aliphatic rings. The van der Waals surface area contributed by atoms with Gasteiger partial charge in [-0.15, -0.1) is 0 Å². The molecule has 0 radical (unpaired) electrons. The number of likely N-dealkylation sites (N-methyl/N-ethyl adjacent to an activating group) is 1. The first-order valence-electron chi connectivity index (χ1n) is 7.65. The largest absolute Gasteiger partial charge is 0.385 e. The van der Waals surface area contributed by atoms with Crippen molar-refractivity contribution in [1.82, 2.24) is 10.2 Å². The highest BCUT2D eigenvalue weighted by Gasteiger charge is 2.19. The van der Waals surface area contributed by atoms with Crippen LogP contribution in [0.15, 0.2) is 18.2 Å². The van der Waals surface area contributed by atoms with Crippen molar-refractivity contribution in [3.05, 3.63) is 29.3 Å². The zero-order chi connectivity index (χ0) is 16.0. The normalized spacial score (nSPS) is 12.6. The molecular formula is C17H29N3O. The third-order valence-electron chi connectivity index (χ3n) is 3.47. The number of benzene rings is 1. The molecule has 0 aliphatic heterocycles. The van der Waals surface area contributed by atoms with Crippen LogP contribution in [0.1, 0.15) is 36.7 Å². The van der Waals surface area contributed by atoms with E-state index < -0.39 is 0 Å². The van der Waals surface area contributed by atoms with Gasteiger partial charge in [0.05, 0.1) is 5.56 Å². The molecule has 1 aromatic carbocycles. The van der Waals surface area contributed by atoms with E-state index in [9.17, 15) is 4.79 Å². The first kappa shape index (κ1) is 17.5. The minimum Gasteiger partial charge on any atom is -0.385 e. The molecule has 1 amide bonds. The van der Waals surface area contributed by atoms with Crippen molar-refractivity contribution < 1.29 is 4.79 Å². The van der Waals surface area contributed by atoms with Crippen LogP contribution in [0.4, 0.5) is 5.69 Å². The highest BCUT2D eigenvalue weighted by molar-refractivity contribution is 5.99. The average Bonchev–Trinajstić information content (AvgIpc) is 2.37. The van der Waals surface area contributed by atoms with E-state index in [0.29, 0.717) is 11.5 Å². The zero-order valence-corrected chi connectivity index (χ0v) is 14.2. The highest BCUT2D eigenvalue weighted by Crippen LogP contribution is 2.18. The Morgan fingerprint density at radius 2 is 1.95 bits per heavy atom. The monoisotopic (exact) mass is 291 g/mol. The molecule has 0 spiro atoms. The van der Waals surface area contributed by atoms with Gasteiger partial charge in [-0.1, -0.05) is 19.9 Å². The van der Waals surface area contributed by atoms with Crippen LogP contribution >= 0.6 is 0 Å². The number of hydrogen-bond acceptors (Lipinski definition) is 3. The van der Waals surface area contributed by atoms with E-state index in [-0.39, 0.29) is 11.9 Å². The predicted molar refractivity (Wildman–Crippen MR) is 90.0 cm³/mol. The van der Waals surface area contributed by atoms with Crippen molar-refractivity contribution >= 4 is 11.6 Å². The Hall–Kier alpha value is -1.55. The molecule has 1 aromatic rings. The summed E-state index contributed by atoms with van der Waals surface area (Å²) in [4.78, 5) is 14.7. The van der Waals surface area contributed by atoms with E-state index in [0.717, 1.165) is 24.3 Å². The fourth-order valence-electron chi connectivity index (χ4n) is 2.26. The standard InChI is InChI=1S/C17H29N3O/c1-7-18-15-10-13(4)8-9-14(15)17(21)19-16(12(2)3)11-20(5)6/h8-10,12,16,18H,7,11H2,1-6H3,(H,19,21). The minimum absolute atomic E-state index is 0.00787. The Morgan fingerprint density at radius 1 is 1.29 bits per heavy atom. The van der Waals surface area contributed by atoms with Crippen molar-refractivity contribution in [2.24, 2.45) is 5.92 Å². The lowest BCUT2D eigenvalue weighted by atomic mass is 10.0. The van der Waals surface area contributed by atoms with Gasteiger partial charge in [-0.2, -0.15) is 0 Å². The van der Waals surface area contributed by atoms with Gasteiger partial charge in [-0.25, -0.2) is 0 Å². The molecule has 1 unspecified atom stereocenters. The fourth-order valence-corrected chi connectivity index (χ4v) is 2.26. The topological polar surface area (TPSA) is 44.4 Å². The number of hydrogen-bond donors (Lipinski definition) is 2. The Kier molecular flexibility index (Phi) is 6.69. The van der Waals surface area contributed by atoms with Crippen molar-refractivity contribution in [3.63, 3.8) is 0 Å². The molecule has 0 saturated heterocycles. The molecule has 0 aromatic heterocycles. The molecular weight excluding hydrogens is 262 g/mol. The second-order valence-electron chi connectivity index (χ2n) is 6.17. The lowest BCUT2D eigenvalue weighted by Gasteiger charge is -2.26. The van der Waals surface area contributed by atoms with Crippen molar-refractivity contribution in [2.75, 3.05) is 32.5 Å². The fraction of sp³-hybridized carbons (Fsp3) is 0.588. The average molecular weight is 291 g/mol. The van der Waals surface area contributed by atoms with Crippen molar-refractivity contribution in [1.29, 1.82) is 0 Å². The van der Waals surface area contributed by atoms with Crippen LogP contribution in [0.3, 0.4) is 0 Å². The van der Waals surface area contributed by atoms with E-state index in [1.807, 2.05) is 46.1 Å². The van der Waals surface area contributed by atoms with E-state index in [4.69, 9.17) is 0 Å². The molecule has 2 N–H and O–H groups in total. The third kappa shape index (κ3) is 5.38. The summed E-state index contributed by atoms with van der Waals surface area (Å²) in [7, 11) is 4.05. The van der Waals surface area contributed by atoms with Gasteiger partial charge in [0.25, 0.3) is 5.91 Å². The van der Waals surface area contributed by atoms with E-state index >= 15 is 0 Å². The first-order valence-corrected chi connectivity index (χ1v) is 7.65. The number of nitrogens with zero attached hydrogens (tertiary/aromatic N) is 1. The third-order valence-corrected chi connectivity index (χ3v) is 3.47. The Morgan fingerprint density at radius 3 is 2.48 bits per heavy atom. The molecule has 0 saturated carbocycles. The minimum atomic E-state index is -0.00787. The molecule has 21 heavy (non-hydrogen) atoms. The van der Waals surface area contributed by atoms with Gasteiger partial charge in [0.1, 0.15) is 0 Å². The lowest BCUT2D eigenvalue weighted by Crippen LogP contribution is -2.45. The van der Waals surface area contributed by atoms with Crippen LogP contribution in [-0.2, 0) is 0 Å². The number of amides is 1. The maximum Gasteiger partial charge on any atom is 0.253 e. The van der Waals surface area contributed by atoms with E-state index in [2.05, 4.69) is 29.4 Å². The van der Waals surface area contributed by atoms with Gasteiger partial charge in [0.2, 0.25) is 0 Å². The number of carbonyl (C=O) groups excluding carboxylic acids is 1. The second-order valence-corrected chi connectivity index (χ2v) is 6.17. The molecule has 4 nitrogen and oxygen atoms in total. The van der Waals surface area contributed by atoms with Crippen LogP contribution < -0.4 is 10.6 Å². The molecule has 118 valence electrons. The molecule has 0 aliphatic carbocycles. The summed E-state index contributed by atoms with van der Waals surface area (Å²) in [5.74, 6) is 0.385. The van der Waals surface area contributed by atoms with E-state index in [1.54, 1.807) is 0 Å². The summed E-state index contributed by atoms with van der Waals surface area (Å²) >= 11 is 0. The highest BCUT2D eigenvalue weighted by atomic mass is 16.1. The van der Waals surface area contributed by atoms with Gasteiger partial charge in [-0.3, -0.25) is 4.79 Å². The molecule has 0 fully saturated rings. The summed E-state index contributed by atoms with van der Waals surface area (Å²) in [6.07, 6.45) is 0. The van der Waals surface area contributed by atoms with Gasteiger partial charge >= 0.3 is 0 Å². The summed E-state index contributed by atoms with van der Waals surface area (Å²) < 4.78 is 0. The summed E-state index contributed by atoms with van der Waals surface area (Å²) in [5, 5.41) is 6.43. The summed E-state index contributed by atoms with van der Waals surface area (Å²) in [6.45, 7) is 9.98. The predicted octanol–water partition coefficient (Wildman–Crippen LogP) is 2.74. The van der Waals surface area contributed by atoms with Crippen LogP contribution in [0.5, 0.6) is 0 Å². The number of nitrogens with one attached hydrogen (secondary N) is 2. The number of anilines is 1. The summed E-state index contributed by atoms with van der Waals surface area (Å²) in [6, 6.07) is 6.04. The smallest absolute Gasteiger partial charge is 0.253 e. The molecule has 1 rings (SSSR count). The molecule has 0 bridgehead atoms. The SMILES string of the molecule is CCNc1cc(C)ccc1C(=O)NC(CN(C)C)C(C)C. The van der Waals surface area contributed by atoms with Crippen molar-refractivity contribution in [3.8, 4) is 0 Å². The maximum atomic E-state index is 12.6. The van der Waals surface area contributed by atoms with E-state index in [1.165, 1.54) is 0 Å². The second kappa shape index (κ2) is 8.03. The Bertz CT molecular complexity index is 469. The number of carbonyl (C=O) groups is 1. The number of aryl methyl sites for hydroxylation is 1. The van der Waals surface area contributed by atoms with Gasteiger partial charge in [0.15, 0.2) is 0 Å². The quantitative estimate of drug-likeness (QED) is 0.812. The van der Waals surface area contributed by atoms with Crippen molar-refractivity contribution in [2.45, 2.75) is 33.7 Å². The molecule has 1 atom stereocenters. The van der Waals surface area contributed by atoms with Gasteiger partial charge in [0, 0.05) is 24.8 Å². The first-order chi connectivity index (χ1) is 9.85. The lowest BCUT2D eigenvalue weighted by molar-refractivity contribution is 0.0917. The van der Waals surface area contributed by atoms with Crippen LogP contribution in [0, 0.1) is 12.8 Å². The Balaban J connectivity index is 2.91. The molecule has 0 heterocycles. The Labute approximate surface area is 128 Å². The van der Waals surface area contributed by atoms with Gasteiger partial charge < -0.3 is 15.5 Å². The van der Waals surface area contributed by atoms with Gasteiger partial charge in [-0.05, 0) is 51.6 Å². The van der Waals surface area contributed by atoms with Crippen LogP contribution in [0.25, 0.3) is 0 Å².